The van der Waals surface area contributed by atoms with Crippen LogP contribution in [0.4, 0.5) is 5.69 Å². The second-order valence-corrected chi connectivity index (χ2v) is 6.69. The van der Waals surface area contributed by atoms with Gasteiger partial charge in [-0.2, -0.15) is 0 Å². The summed E-state index contributed by atoms with van der Waals surface area (Å²) in [5.74, 6) is 0.583. The summed E-state index contributed by atoms with van der Waals surface area (Å²) in [7, 11) is 0. The Morgan fingerprint density at radius 3 is 2.37 bits per heavy atom. The van der Waals surface area contributed by atoms with Gasteiger partial charge in [0.15, 0.2) is 5.11 Å². The molecule has 0 aliphatic carbocycles. The molecule has 5 nitrogen and oxygen atoms in total. The lowest BCUT2D eigenvalue weighted by molar-refractivity contribution is 0.0977. The number of hydrogen-bond acceptors (Lipinski definition) is 4. The number of benzene rings is 3. The molecule has 0 aliphatic rings. The Morgan fingerprint density at radius 2 is 1.67 bits per heavy atom. The van der Waals surface area contributed by atoms with Crippen LogP contribution in [0.2, 0.25) is 0 Å². The number of hydrogen-bond donors (Lipinski definition) is 3. The number of ether oxygens (including phenoxy) is 1. The van der Waals surface area contributed by atoms with Crippen LogP contribution in [0.1, 0.15) is 24.2 Å². The van der Waals surface area contributed by atoms with Gasteiger partial charge in [0, 0.05) is 22.0 Å². The Morgan fingerprint density at radius 1 is 1.00 bits per heavy atom. The SMILES string of the molecule is CC(C)Oc1ccc(C(=O)NC(=S)Nc2cccc3c(O)cccc23)cc1. The van der Waals surface area contributed by atoms with Crippen molar-refractivity contribution < 1.29 is 14.6 Å². The van der Waals surface area contributed by atoms with E-state index in [1.54, 1.807) is 36.4 Å². The average molecular weight is 380 g/mol. The third kappa shape index (κ3) is 4.54. The first-order chi connectivity index (χ1) is 12.9. The fraction of sp³-hybridized carbons (Fsp3) is 0.143. The number of carbonyl (C=O) groups is 1. The zero-order valence-electron chi connectivity index (χ0n) is 15.0. The highest BCUT2D eigenvalue weighted by Crippen LogP contribution is 2.29. The van der Waals surface area contributed by atoms with Gasteiger partial charge < -0.3 is 15.2 Å². The molecule has 0 saturated heterocycles. The number of anilines is 1. The fourth-order valence-electron chi connectivity index (χ4n) is 2.69. The van der Waals surface area contributed by atoms with Gasteiger partial charge in [0.05, 0.1) is 6.10 Å². The molecule has 0 heterocycles. The van der Waals surface area contributed by atoms with E-state index < -0.39 is 0 Å². The molecule has 0 bridgehead atoms. The van der Waals surface area contributed by atoms with Crippen LogP contribution in [0.5, 0.6) is 11.5 Å². The largest absolute Gasteiger partial charge is 0.507 e. The maximum Gasteiger partial charge on any atom is 0.257 e. The maximum absolute atomic E-state index is 12.4. The van der Waals surface area contributed by atoms with Crippen LogP contribution < -0.4 is 15.4 Å². The number of carbonyl (C=O) groups excluding carboxylic acids is 1. The van der Waals surface area contributed by atoms with Crippen molar-refractivity contribution in [2.45, 2.75) is 20.0 Å². The van der Waals surface area contributed by atoms with Crippen LogP contribution in [0.25, 0.3) is 10.8 Å². The molecule has 3 aromatic carbocycles. The lowest BCUT2D eigenvalue weighted by Gasteiger charge is -2.13. The van der Waals surface area contributed by atoms with E-state index in [1.807, 2.05) is 38.1 Å². The molecule has 0 unspecified atom stereocenters. The number of aromatic hydroxyl groups is 1. The highest BCUT2D eigenvalue weighted by molar-refractivity contribution is 7.80. The van der Waals surface area contributed by atoms with Crippen molar-refractivity contribution in [3.8, 4) is 11.5 Å². The number of rotatable bonds is 4. The Balaban J connectivity index is 1.69. The summed E-state index contributed by atoms with van der Waals surface area (Å²) in [4.78, 5) is 12.4. The molecular weight excluding hydrogens is 360 g/mol. The molecular formula is C21H20N2O3S. The van der Waals surface area contributed by atoms with Crippen LogP contribution >= 0.6 is 12.2 Å². The molecule has 0 spiro atoms. The summed E-state index contributed by atoms with van der Waals surface area (Å²) < 4.78 is 5.57. The van der Waals surface area contributed by atoms with E-state index in [2.05, 4.69) is 10.6 Å². The topological polar surface area (TPSA) is 70.6 Å². The highest BCUT2D eigenvalue weighted by Gasteiger charge is 2.10. The van der Waals surface area contributed by atoms with E-state index in [0.29, 0.717) is 22.4 Å². The number of fused-ring (bicyclic) bond motifs is 1. The van der Waals surface area contributed by atoms with Gasteiger partial charge in [-0.1, -0.05) is 24.3 Å². The van der Waals surface area contributed by atoms with Gasteiger partial charge in [0.1, 0.15) is 11.5 Å². The number of amides is 1. The molecule has 0 saturated carbocycles. The quantitative estimate of drug-likeness (QED) is 0.583. The normalized spacial score (nSPS) is 10.6. The summed E-state index contributed by atoms with van der Waals surface area (Å²) in [6.45, 7) is 3.88. The molecule has 27 heavy (non-hydrogen) atoms. The van der Waals surface area contributed by atoms with Gasteiger partial charge in [-0.3, -0.25) is 10.1 Å². The molecule has 0 aliphatic heterocycles. The van der Waals surface area contributed by atoms with Crippen LogP contribution in [-0.4, -0.2) is 22.2 Å². The Kier molecular flexibility index (Phi) is 5.57. The fourth-order valence-corrected chi connectivity index (χ4v) is 2.89. The second-order valence-electron chi connectivity index (χ2n) is 6.28. The standard InChI is InChI=1S/C21H20N2O3S/c1-13(2)26-15-11-9-14(10-12-15)20(25)23-21(27)22-18-7-3-6-17-16(18)5-4-8-19(17)24/h3-13,24H,1-2H3,(H2,22,23,25,27). The summed E-state index contributed by atoms with van der Waals surface area (Å²) in [5, 5.41) is 17.3. The minimum atomic E-state index is -0.313. The summed E-state index contributed by atoms with van der Waals surface area (Å²) in [6, 6.07) is 17.6. The summed E-state index contributed by atoms with van der Waals surface area (Å²) >= 11 is 5.26. The molecule has 3 N–H and O–H groups in total. The van der Waals surface area contributed by atoms with E-state index in [0.717, 1.165) is 5.39 Å². The second kappa shape index (κ2) is 8.05. The minimum absolute atomic E-state index is 0.0709. The summed E-state index contributed by atoms with van der Waals surface area (Å²) in [5.41, 5.74) is 1.18. The zero-order valence-corrected chi connectivity index (χ0v) is 15.8. The first-order valence-corrected chi connectivity index (χ1v) is 8.94. The van der Waals surface area contributed by atoms with Crippen LogP contribution in [0.15, 0.2) is 60.7 Å². The lowest BCUT2D eigenvalue weighted by Crippen LogP contribution is -2.34. The zero-order chi connectivity index (χ0) is 19.4. The summed E-state index contributed by atoms with van der Waals surface area (Å²) in [6.07, 6.45) is 0.0709. The third-order valence-corrected chi connectivity index (χ3v) is 4.07. The molecule has 138 valence electrons. The molecule has 1 amide bonds. The van der Waals surface area contributed by atoms with Crippen LogP contribution in [0.3, 0.4) is 0 Å². The maximum atomic E-state index is 12.4. The van der Waals surface area contributed by atoms with E-state index in [9.17, 15) is 9.90 Å². The van der Waals surface area contributed by atoms with Crippen molar-refractivity contribution in [1.82, 2.24) is 5.32 Å². The van der Waals surface area contributed by atoms with Gasteiger partial charge >= 0.3 is 0 Å². The Bertz CT molecular complexity index is 984. The molecule has 0 aromatic heterocycles. The van der Waals surface area contributed by atoms with E-state index >= 15 is 0 Å². The smallest absolute Gasteiger partial charge is 0.257 e. The van der Waals surface area contributed by atoms with Crippen molar-refractivity contribution in [2.75, 3.05) is 5.32 Å². The Hall–Kier alpha value is -3.12. The predicted molar refractivity (Wildman–Crippen MR) is 112 cm³/mol. The minimum Gasteiger partial charge on any atom is -0.507 e. The number of nitrogens with one attached hydrogen (secondary N) is 2. The number of thiocarbonyl (C=S) groups is 1. The highest BCUT2D eigenvalue weighted by atomic mass is 32.1. The molecule has 0 radical (unpaired) electrons. The van der Waals surface area contributed by atoms with Gasteiger partial charge in [0.2, 0.25) is 0 Å². The first-order valence-electron chi connectivity index (χ1n) is 8.54. The van der Waals surface area contributed by atoms with E-state index in [-0.39, 0.29) is 22.9 Å². The Labute approximate surface area is 163 Å². The molecule has 6 heteroatoms. The number of phenolic OH excluding ortho intramolecular Hbond substituents is 1. The van der Waals surface area contributed by atoms with Crippen molar-refractivity contribution in [2.24, 2.45) is 0 Å². The molecule has 3 aromatic rings. The number of phenols is 1. The third-order valence-electron chi connectivity index (χ3n) is 3.86. The van der Waals surface area contributed by atoms with Crippen molar-refractivity contribution in [3.05, 3.63) is 66.2 Å². The van der Waals surface area contributed by atoms with Gasteiger partial charge in [0.25, 0.3) is 5.91 Å². The van der Waals surface area contributed by atoms with Crippen molar-refractivity contribution in [1.29, 1.82) is 0 Å². The van der Waals surface area contributed by atoms with Crippen LogP contribution in [-0.2, 0) is 0 Å². The van der Waals surface area contributed by atoms with Gasteiger partial charge in [-0.05, 0) is 62.5 Å². The van der Waals surface area contributed by atoms with E-state index in [4.69, 9.17) is 17.0 Å². The predicted octanol–water partition coefficient (Wildman–Crippen LogP) is 4.46. The molecule has 3 rings (SSSR count). The van der Waals surface area contributed by atoms with Crippen molar-refractivity contribution >= 4 is 39.7 Å². The van der Waals surface area contributed by atoms with Gasteiger partial charge in [-0.25, -0.2) is 0 Å². The van der Waals surface area contributed by atoms with Gasteiger partial charge in [-0.15, -0.1) is 0 Å². The first kappa shape index (κ1) is 18.7. The van der Waals surface area contributed by atoms with E-state index in [1.165, 1.54) is 0 Å². The van der Waals surface area contributed by atoms with Crippen molar-refractivity contribution in [3.63, 3.8) is 0 Å². The monoisotopic (exact) mass is 380 g/mol. The van der Waals surface area contributed by atoms with Crippen LogP contribution in [0, 0.1) is 0 Å². The lowest BCUT2D eigenvalue weighted by atomic mass is 10.1. The molecule has 0 fully saturated rings. The molecule has 0 atom stereocenters. The average Bonchev–Trinajstić information content (AvgIpc) is 2.62.